The van der Waals surface area contributed by atoms with Crippen molar-refractivity contribution < 1.29 is 9.90 Å². The van der Waals surface area contributed by atoms with E-state index in [1.165, 1.54) is 0 Å². The molecule has 1 saturated heterocycles. The van der Waals surface area contributed by atoms with Crippen LogP contribution in [0.3, 0.4) is 0 Å². The van der Waals surface area contributed by atoms with Crippen LogP contribution in [0.15, 0.2) is 0 Å². The Balaban J connectivity index is 2.18. The van der Waals surface area contributed by atoms with Gasteiger partial charge in [0.2, 0.25) is 0 Å². The molecule has 0 aromatic rings. The average Bonchev–Trinajstić information content (AvgIpc) is 2.01. The van der Waals surface area contributed by atoms with E-state index >= 15 is 0 Å². The van der Waals surface area contributed by atoms with Crippen LogP contribution < -0.4 is 10.6 Å². The normalized spacial score (nSPS) is 29.8. The van der Waals surface area contributed by atoms with Crippen molar-refractivity contribution in [3.63, 3.8) is 0 Å². The van der Waals surface area contributed by atoms with E-state index in [9.17, 15) is 4.79 Å². The van der Waals surface area contributed by atoms with E-state index in [4.69, 9.17) is 5.11 Å². The predicted octanol–water partition coefficient (Wildman–Crippen LogP) is 0.642. The van der Waals surface area contributed by atoms with Crippen molar-refractivity contribution in [1.29, 1.82) is 0 Å². The van der Waals surface area contributed by atoms with Crippen LogP contribution >= 0.6 is 0 Å². The number of carboxylic acid groups (broad SMARTS) is 1. The van der Waals surface area contributed by atoms with Gasteiger partial charge in [-0.25, -0.2) is 4.79 Å². The summed E-state index contributed by atoms with van der Waals surface area (Å²) in [6, 6.07) is 0.527. The minimum atomic E-state index is -0.916. The van der Waals surface area contributed by atoms with Crippen molar-refractivity contribution in [2.75, 3.05) is 13.1 Å². The molecule has 2 atom stereocenters. The van der Waals surface area contributed by atoms with Gasteiger partial charge in [-0.3, -0.25) is 0 Å². The fraction of sp³-hybridized carbons (Fsp3) is 0.875. The van der Waals surface area contributed by atoms with Crippen molar-refractivity contribution in [2.24, 2.45) is 5.92 Å². The summed E-state index contributed by atoms with van der Waals surface area (Å²) >= 11 is 0. The molecular formula is C8H16N2O2. The van der Waals surface area contributed by atoms with Crippen LogP contribution in [0.1, 0.15) is 19.8 Å². The van der Waals surface area contributed by atoms with Gasteiger partial charge in [0, 0.05) is 12.6 Å². The van der Waals surface area contributed by atoms with Crippen molar-refractivity contribution >= 4 is 6.09 Å². The Labute approximate surface area is 72.3 Å². The first-order valence-corrected chi connectivity index (χ1v) is 4.38. The molecule has 0 radical (unpaired) electrons. The molecule has 2 unspecified atom stereocenters. The second-order valence-corrected chi connectivity index (χ2v) is 3.43. The molecule has 0 saturated carbocycles. The molecule has 1 rings (SSSR count). The minimum absolute atomic E-state index is 0.511. The molecule has 0 aromatic carbocycles. The highest BCUT2D eigenvalue weighted by molar-refractivity contribution is 5.64. The van der Waals surface area contributed by atoms with E-state index in [0.29, 0.717) is 18.5 Å². The van der Waals surface area contributed by atoms with Gasteiger partial charge in [-0.05, 0) is 32.2 Å². The Morgan fingerprint density at radius 2 is 2.50 bits per heavy atom. The van der Waals surface area contributed by atoms with Crippen LogP contribution in [0.2, 0.25) is 0 Å². The highest BCUT2D eigenvalue weighted by Crippen LogP contribution is 2.14. The summed E-state index contributed by atoms with van der Waals surface area (Å²) in [5.41, 5.74) is 0. The number of piperidine rings is 1. The molecule has 0 spiro atoms. The van der Waals surface area contributed by atoms with Crippen LogP contribution in [-0.4, -0.2) is 30.3 Å². The maximum Gasteiger partial charge on any atom is 0.404 e. The van der Waals surface area contributed by atoms with Gasteiger partial charge in [0.25, 0.3) is 0 Å². The number of hydrogen-bond acceptors (Lipinski definition) is 2. The molecule has 1 heterocycles. The maximum atomic E-state index is 10.2. The van der Waals surface area contributed by atoms with E-state index < -0.39 is 6.09 Å². The SMILES string of the molecule is CC1CC(CNC(=O)O)CCN1. The van der Waals surface area contributed by atoms with E-state index in [1.54, 1.807) is 0 Å². The zero-order valence-corrected chi connectivity index (χ0v) is 7.34. The third kappa shape index (κ3) is 3.09. The largest absolute Gasteiger partial charge is 0.465 e. The molecule has 0 aliphatic carbocycles. The first-order valence-electron chi connectivity index (χ1n) is 4.38. The van der Waals surface area contributed by atoms with Gasteiger partial charge in [0.05, 0.1) is 0 Å². The summed E-state index contributed by atoms with van der Waals surface area (Å²) in [7, 11) is 0. The van der Waals surface area contributed by atoms with E-state index in [-0.39, 0.29) is 0 Å². The molecule has 4 nitrogen and oxygen atoms in total. The van der Waals surface area contributed by atoms with Crippen molar-refractivity contribution in [3.8, 4) is 0 Å². The van der Waals surface area contributed by atoms with E-state index in [2.05, 4.69) is 17.6 Å². The molecule has 70 valence electrons. The van der Waals surface area contributed by atoms with Gasteiger partial charge < -0.3 is 15.7 Å². The van der Waals surface area contributed by atoms with Crippen LogP contribution in [0.4, 0.5) is 4.79 Å². The third-order valence-corrected chi connectivity index (χ3v) is 2.27. The van der Waals surface area contributed by atoms with Crippen LogP contribution in [0, 0.1) is 5.92 Å². The summed E-state index contributed by atoms with van der Waals surface area (Å²) in [4.78, 5) is 10.2. The summed E-state index contributed by atoms with van der Waals surface area (Å²) < 4.78 is 0. The number of amides is 1. The van der Waals surface area contributed by atoms with Crippen LogP contribution in [0.5, 0.6) is 0 Å². The molecule has 4 heteroatoms. The molecule has 1 aliphatic heterocycles. The lowest BCUT2D eigenvalue weighted by Gasteiger charge is -2.27. The Kier molecular flexibility index (Phi) is 3.34. The lowest BCUT2D eigenvalue weighted by Crippen LogP contribution is -2.40. The van der Waals surface area contributed by atoms with Crippen LogP contribution in [0.25, 0.3) is 0 Å². The quantitative estimate of drug-likeness (QED) is 0.573. The highest BCUT2D eigenvalue weighted by atomic mass is 16.4. The number of nitrogens with one attached hydrogen (secondary N) is 2. The first-order chi connectivity index (χ1) is 5.68. The highest BCUT2D eigenvalue weighted by Gasteiger charge is 2.18. The van der Waals surface area contributed by atoms with Crippen molar-refractivity contribution in [3.05, 3.63) is 0 Å². The van der Waals surface area contributed by atoms with Gasteiger partial charge in [-0.15, -0.1) is 0 Å². The summed E-state index contributed by atoms with van der Waals surface area (Å²) in [6.45, 7) is 3.74. The van der Waals surface area contributed by atoms with Crippen LogP contribution in [-0.2, 0) is 0 Å². The molecule has 0 aromatic heterocycles. The second kappa shape index (κ2) is 4.30. The zero-order chi connectivity index (χ0) is 8.97. The Morgan fingerprint density at radius 3 is 3.08 bits per heavy atom. The van der Waals surface area contributed by atoms with E-state index in [0.717, 1.165) is 19.4 Å². The lowest BCUT2D eigenvalue weighted by atomic mass is 9.93. The maximum absolute atomic E-state index is 10.2. The van der Waals surface area contributed by atoms with Crippen molar-refractivity contribution in [1.82, 2.24) is 10.6 Å². The molecule has 1 fully saturated rings. The number of rotatable bonds is 2. The molecular weight excluding hydrogens is 156 g/mol. The van der Waals surface area contributed by atoms with Gasteiger partial charge in [-0.1, -0.05) is 0 Å². The fourth-order valence-corrected chi connectivity index (χ4v) is 1.65. The third-order valence-electron chi connectivity index (χ3n) is 2.27. The van der Waals surface area contributed by atoms with Gasteiger partial charge in [-0.2, -0.15) is 0 Å². The molecule has 12 heavy (non-hydrogen) atoms. The van der Waals surface area contributed by atoms with Gasteiger partial charge in [0.1, 0.15) is 0 Å². The Bertz CT molecular complexity index is 161. The predicted molar refractivity (Wildman–Crippen MR) is 46.2 cm³/mol. The smallest absolute Gasteiger partial charge is 0.404 e. The summed E-state index contributed by atoms with van der Waals surface area (Å²) in [5, 5.41) is 14.1. The van der Waals surface area contributed by atoms with Crippen molar-refractivity contribution in [2.45, 2.75) is 25.8 Å². The standard InChI is InChI=1S/C8H16N2O2/c1-6-4-7(2-3-9-6)5-10-8(11)12/h6-7,9-10H,2-5H2,1H3,(H,11,12). The Morgan fingerprint density at radius 1 is 1.75 bits per heavy atom. The Hall–Kier alpha value is -0.770. The first kappa shape index (κ1) is 9.32. The minimum Gasteiger partial charge on any atom is -0.465 e. The number of hydrogen-bond donors (Lipinski definition) is 3. The molecule has 0 bridgehead atoms. The lowest BCUT2D eigenvalue weighted by molar-refractivity contribution is 0.189. The van der Waals surface area contributed by atoms with E-state index in [1.807, 2.05) is 0 Å². The summed E-state index contributed by atoms with van der Waals surface area (Å²) in [5.74, 6) is 0.511. The number of carbonyl (C=O) groups is 1. The monoisotopic (exact) mass is 172 g/mol. The fourth-order valence-electron chi connectivity index (χ4n) is 1.65. The second-order valence-electron chi connectivity index (χ2n) is 3.43. The topological polar surface area (TPSA) is 61.4 Å². The average molecular weight is 172 g/mol. The molecule has 1 amide bonds. The molecule has 1 aliphatic rings. The zero-order valence-electron chi connectivity index (χ0n) is 7.34. The van der Waals surface area contributed by atoms with Gasteiger partial charge >= 0.3 is 6.09 Å². The van der Waals surface area contributed by atoms with Gasteiger partial charge in [0.15, 0.2) is 0 Å². The summed E-state index contributed by atoms with van der Waals surface area (Å²) in [6.07, 6.45) is 1.23. The molecule has 3 N–H and O–H groups in total.